The lowest BCUT2D eigenvalue weighted by Crippen LogP contribution is -2.27. The summed E-state index contributed by atoms with van der Waals surface area (Å²) >= 11 is 0. The topological polar surface area (TPSA) is 42.0 Å². The van der Waals surface area contributed by atoms with Crippen LogP contribution in [0.3, 0.4) is 0 Å². The molecule has 18 heavy (non-hydrogen) atoms. The minimum absolute atomic E-state index is 0.0529. The number of carbonyl (C=O) groups excluding carboxylic acids is 1. The first-order valence-electron chi connectivity index (χ1n) is 6.05. The van der Waals surface area contributed by atoms with Crippen LogP contribution in [0.15, 0.2) is 54.7 Å². The molecule has 0 fully saturated rings. The van der Waals surface area contributed by atoms with Crippen molar-refractivity contribution in [1.82, 2.24) is 10.3 Å². The average Bonchev–Trinajstić information content (AvgIpc) is 2.41. The van der Waals surface area contributed by atoms with Crippen molar-refractivity contribution in [2.75, 3.05) is 6.54 Å². The molecule has 1 heterocycles. The van der Waals surface area contributed by atoms with E-state index < -0.39 is 0 Å². The number of carbonyl (C=O) groups is 1. The number of hydrogen-bond donors (Lipinski definition) is 1. The molecule has 0 radical (unpaired) electrons. The third-order valence-electron chi connectivity index (χ3n) is 2.64. The molecule has 3 nitrogen and oxygen atoms in total. The summed E-state index contributed by atoms with van der Waals surface area (Å²) in [6.07, 6.45) is 2.96. The van der Waals surface area contributed by atoms with Gasteiger partial charge in [-0.2, -0.15) is 0 Å². The van der Waals surface area contributed by atoms with Crippen LogP contribution in [-0.2, 0) is 17.6 Å². The molecule has 0 saturated carbocycles. The summed E-state index contributed by atoms with van der Waals surface area (Å²) in [5.41, 5.74) is 2.03. The molecule has 0 bridgehead atoms. The molecule has 1 aromatic heterocycles. The quantitative estimate of drug-likeness (QED) is 0.868. The van der Waals surface area contributed by atoms with E-state index in [1.807, 2.05) is 48.5 Å². The molecule has 2 rings (SSSR count). The van der Waals surface area contributed by atoms with Crippen LogP contribution < -0.4 is 5.32 Å². The second kappa shape index (κ2) is 6.55. The lowest BCUT2D eigenvalue weighted by Gasteiger charge is -2.05. The fourth-order valence-corrected chi connectivity index (χ4v) is 1.72. The van der Waals surface area contributed by atoms with Gasteiger partial charge in [-0.1, -0.05) is 36.4 Å². The molecule has 0 saturated heterocycles. The summed E-state index contributed by atoms with van der Waals surface area (Å²) in [5, 5.41) is 2.90. The van der Waals surface area contributed by atoms with Gasteiger partial charge < -0.3 is 5.32 Å². The fraction of sp³-hybridized carbons (Fsp3) is 0.200. The van der Waals surface area contributed by atoms with Crippen LogP contribution in [0.2, 0.25) is 0 Å². The van der Waals surface area contributed by atoms with Crippen LogP contribution in [0.4, 0.5) is 0 Å². The lowest BCUT2D eigenvalue weighted by molar-refractivity contribution is -0.120. The molecule has 1 aromatic carbocycles. The maximum Gasteiger partial charge on any atom is 0.224 e. The van der Waals surface area contributed by atoms with Gasteiger partial charge in [0.05, 0.1) is 6.42 Å². The smallest absolute Gasteiger partial charge is 0.224 e. The minimum atomic E-state index is 0.0529. The SMILES string of the molecule is O=C(Cc1ccccc1)NCCc1ccccn1. The predicted molar refractivity (Wildman–Crippen MR) is 71.1 cm³/mol. The van der Waals surface area contributed by atoms with E-state index in [9.17, 15) is 4.79 Å². The predicted octanol–water partition coefficient (Wildman–Crippen LogP) is 1.98. The summed E-state index contributed by atoms with van der Waals surface area (Å²) in [4.78, 5) is 15.9. The highest BCUT2D eigenvalue weighted by molar-refractivity contribution is 5.78. The van der Waals surface area contributed by atoms with Crippen LogP contribution in [-0.4, -0.2) is 17.4 Å². The monoisotopic (exact) mass is 240 g/mol. The number of pyridine rings is 1. The van der Waals surface area contributed by atoms with E-state index >= 15 is 0 Å². The van der Waals surface area contributed by atoms with Crippen molar-refractivity contribution in [3.63, 3.8) is 0 Å². The third-order valence-corrected chi connectivity index (χ3v) is 2.64. The fourth-order valence-electron chi connectivity index (χ4n) is 1.72. The highest BCUT2D eigenvalue weighted by Crippen LogP contribution is 1.99. The molecule has 3 heteroatoms. The average molecular weight is 240 g/mol. The van der Waals surface area contributed by atoms with E-state index in [1.165, 1.54) is 0 Å². The largest absolute Gasteiger partial charge is 0.355 e. The van der Waals surface area contributed by atoms with Gasteiger partial charge in [0.15, 0.2) is 0 Å². The Morgan fingerprint density at radius 2 is 1.83 bits per heavy atom. The molecule has 1 amide bonds. The molecule has 0 aliphatic carbocycles. The molecule has 0 aliphatic heterocycles. The molecule has 1 N–H and O–H groups in total. The summed E-state index contributed by atoms with van der Waals surface area (Å²) in [5.74, 6) is 0.0529. The standard InChI is InChI=1S/C15H16N2O/c18-15(12-13-6-2-1-3-7-13)17-11-9-14-8-4-5-10-16-14/h1-8,10H,9,11-12H2,(H,17,18). The van der Waals surface area contributed by atoms with Gasteiger partial charge in [0.25, 0.3) is 0 Å². The van der Waals surface area contributed by atoms with Gasteiger partial charge in [-0.25, -0.2) is 0 Å². The van der Waals surface area contributed by atoms with E-state index in [0.29, 0.717) is 13.0 Å². The molecule has 92 valence electrons. The molecule has 0 unspecified atom stereocenters. The van der Waals surface area contributed by atoms with Gasteiger partial charge in [0.1, 0.15) is 0 Å². The molecule has 0 atom stereocenters. The second-order valence-electron chi connectivity index (χ2n) is 4.08. The van der Waals surface area contributed by atoms with Gasteiger partial charge >= 0.3 is 0 Å². The Morgan fingerprint density at radius 1 is 1.06 bits per heavy atom. The third kappa shape index (κ3) is 4.01. The Labute approximate surface area is 107 Å². The number of nitrogens with one attached hydrogen (secondary N) is 1. The van der Waals surface area contributed by atoms with E-state index in [-0.39, 0.29) is 5.91 Å². The molecule has 0 aliphatic rings. The van der Waals surface area contributed by atoms with E-state index in [2.05, 4.69) is 10.3 Å². The highest BCUT2D eigenvalue weighted by Gasteiger charge is 2.02. The Bertz CT molecular complexity index is 482. The molecule has 0 spiro atoms. The van der Waals surface area contributed by atoms with Crippen LogP contribution in [0, 0.1) is 0 Å². The van der Waals surface area contributed by atoms with Gasteiger partial charge in [-0.05, 0) is 17.7 Å². The Morgan fingerprint density at radius 3 is 2.56 bits per heavy atom. The van der Waals surface area contributed by atoms with Crippen molar-refractivity contribution in [3.8, 4) is 0 Å². The van der Waals surface area contributed by atoms with Crippen molar-refractivity contribution >= 4 is 5.91 Å². The molecular formula is C15H16N2O. The lowest BCUT2D eigenvalue weighted by atomic mass is 10.1. The van der Waals surface area contributed by atoms with Crippen molar-refractivity contribution in [3.05, 3.63) is 66.0 Å². The van der Waals surface area contributed by atoms with Crippen molar-refractivity contribution in [2.45, 2.75) is 12.8 Å². The van der Waals surface area contributed by atoms with Gasteiger partial charge in [0.2, 0.25) is 5.91 Å². The summed E-state index contributed by atoms with van der Waals surface area (Å²) in [6, 6.07) is 15.5. The van der Waals surface area contributed by atoms with E-state index in [1.54, 1.807) is 6.20 Å². The first kappa shape index (κ1) is 12.3. The Balaban J connectivity index is 1.73. The molecular weight excluding hydrogens is 224 g/mol. The number of aromatic nitrogens is 1. The summed E-state index contributed by atoms with van der Waals surface area (Å²) in [7, 11) is 0. The first-order valence-corrected chi connectivity index (χ1v) is 6.05. The number of benzene rings is 1. The summed E-state index contributed by atoms with van der Waals surface area (Å²) in [6.45, 7) is 0.628. The van der Waals surface area contributed by atoms with Crippen LogP contribution in [0.1, 0.15) is 11.3 Å². The maximum atomic E-state index is 11.7. The zero-order valence-corrected chi connectivity index (χ0v) is 10.2. The molecule has 2 aromatic rings. The normalized spacial score (nSPS) is 10.0. The second-order valence-corrected chi connectivity index (χ2v) is 4.08. The Kier molecular flexibility index (Phi) is 4.47. The van der Waals surface area contributed by atoms with Crippen molar-refractivity contribution in [1.29, 1.82) is 0 Å². The van der Waals surface area contributed by atoms with E-state index in [4.69, 9.17) is 0 Å². The number of nitrogens with zero attached hydrogens (tertiary/aromatic N) is 1. The van der Waals surface area contributed by atoms with Gasteiger partial charge in [-0.15, -0.1) is 0 Å². The van der Waals surface area contributed by atoms with Crippen LogP contribution in [0.25, 0.3) is 0 Å². The minimum Gasteiger partial charge on any atom is -0.355 e. The van der Waals surface area contributed by atoms with Crippen LogP contribution in [0.5, 0.6) is 0 Å². The zero-order chi connectivity index (χ0) is 12.6. The van der Waals surface area contributed by atoms with Crippen molar-refractivity contribution in [2.24, 2.45) is 0 Å². The van der Waals surface area contributed by atoms with Crippen molar-refractivity contribution < 1.29 is 4.79 Å². The number of hydrogen-bond acceptors (Lipinski definition) is 2. The number of amides is 1. The first-order chi connectivity index (χ1) is 8.84. The van der Waals surface area contributed by atoms with Crippen LogP contribution >= 0.6 is 0 Å². The Hall–Kier alpha value is -2.16. The summed E-state index contributed by atoms with van der Waals surface area (Å²) < 4.78 is 0. The zero-order valence-electron chi connectivity index (χ0n) is 10.2. The van der Waals surface area contributed by atoms with Gasteiger partial charge in [-0.3, -0.25) is 9.78 Å². The maximum absolute atomic E-state index is 11.7. The number of rotatable bonds is 5. The highest BCUT2D eigenvalue weighted by atomic mass is 16.1. The van der Waals surface area contributed by atoms with E-state index in [0.717, 1.165) is 17.7 Å². The van der Waals surface area contributed by atoms with Gasteiger partial charge in [0, 0.05) is 24.9 Å².